The summed E-state index contributed by atoms with van der Waals surface area (Å²) in [5.41, 5.74) is 0.750. The van der Waals surface area contributed by atoms with Crippen molar-refractivity contribution in [1.29, 1.82) is 0 Å². The van der Waals surface area contributed by atoms with Crippen molar-refractivity contribution in [3.05, 3.63) is 28.4 Å². The van der Waals surface area contributed by atoms with Gasteiger partial charge in [-0.15, -0.1) is 0 Å². The minimum absolute atomic E-state index is 0.0580. The van der Waals surface area contributed by atoms with E-state index < -0.39 is 0 Å². The van der Waals surface area contributed by atoms with Crippen LogP contribution in [0.4, 0.5) is 0 Å². The van der Waals surface area contributed by atoms with Gasteiger partial charge in [0, 0.05) is 24.8 Å². The Morgan fingerprint density at radius 1 is 1.29 bits per heavy atom. The molecule has 3 heterocycles. The van der Waals surface area contributed by atoms with E-state index in [4.69, 9.17) is 0 Å². The smallest absolute Gasteiger partial charge is 0.256 e. The van der Waals surface area contributed by atoms with Gasteiger partial charge in [0.15, 0.2) is 0 Å². The minimum atomic E-state index is 0.0580. The number of hydrogen-bond acceptors (Lipinski definition) is 4. The summed E-state index contributed by atoms with van der Waals surface area (Å²) in [6.07, 6.45) is 6.23. The van der Waals surface area contributed by atoms with Crippen LogP contribution in [0.2, 0.25) is 0 Å². The molecule has 1 aromatic rings. The second kappa shape index (κ2) is 5.97. The predicted octanol–water partition coefficient (Wildman–Crippen LogP) is 0.152. The fourth-order valence-electron chi connectivity index (χ4n) is 3.34. The minimum Gasteiger partial charge on any atom is -0.355 e. The Labute approximate surface area is 124 Å². The van der Waals surface area contributed by atoms with Crippen molar-refractivity contribution >= 4 is 5.91 Å². The summed E-state index contributed by atoms with van der Waals surface area (Å²) >= 11 is 0. The van der Waals surface area contributed by atoms with Gasteiger partial charge in [0.25, 0.3) is 5.56 Å². The van der Waals surface area contributed by atoms with Gasteiger partial charge >= 0.3 is 0 Å². The highest BCUT2D eigenvalue weighted by Crippen LogP contribution is 2.22. The van der Waals surface area contributed by atoms with Crippen molar-refractivity contribution < 1.29 is 4.79 Å². The van der Waals surface area contributed by atoms with Gasteiger partial charge < -0.3 is 5.32 Å². The molecule has 6 nitrogen and oxygen atoms in total. The Hall–Kier alpha value is -1.69. The third-order valence-corrected chi connectivity index (χ3v) is 4.64. The van der Waals surface area contributed by atoms with Crippen molar-refractivity contribution in [3.8, 4) is 0 Å². The highest BCUT2D eigenvalue weighted by molar-refractivity contribution is 5.83. The molecule has 1 aromatic heterocycles. The number of nitrogens with zero attached hydrogens (tertiary/aromatic N) is 3. The first kappa shape index (κ1) is 14.3. The number of nitrogens with one attached hydrogen (secondary N) is 1. The number of carbonyl (C=O) groups is 1. The second-order valence-electron chi connectivity index (χ2n) is 6.11. The molecule has 1 N–H and O–H groups in total. The SMILES string of the molecule is Cc1cncn(CC2CCN(C3CCNC3=O)CC2)c1=O. The maximum atomic E-state index is 12.0. The Morgan fingerprint density at radius 3 is 2.71 bits per heavy atom. The Balaban J connectivity index is 1.57. The van der Waals surface area contributed by atoms with Crippen molar-refractivity contribution in [2.24, 2.45) is 5.92 Å². The van der Waals surface area contributed by atoms with E-state index >= 15 is 0 Å². The van der Waals surface area contributed by atoms with E-state index in [1.54, 1.807) is 24.0 Å². The fourth-order valence-corrected chi connectivity index (χ4v) is 3.34. The van der Waals surface area contributed by atoms with Crippen LogP contribution in [0.15, 0.2) is 17.3 Å². The molecule has 2 saturated heterocycles. The molecule has 0 saturated carbocycles. The monoisotopic (exact) mass is 290 g/mol. The molecule has 0 bridgehead atoms. The number of likely N-dealkylation sites (tertiary alicyclic amines) is 1. The molecule has 1 amide bonds. The summed E-state index contributed by atoms with van der Waals surface area (Å²) in [7, 11) is 0. The van der Waals surface area contributed by atoms with E-state index in [1.165, 1.54) is 0 Å². The van der Waals surface area contributed by atoms with Crippen LogP contribution < -0.4 is 10.9 Å². The van der Waals surface area contributed by atoms with Crippen molar-refractivity contribution in [2.45, 2.75) is 38.8 Å². The summed E-state index contributed by atoms with van der Waals surface area (Å²) < 4.78 is 1.72. The van der Waals surface area contributed by atoms with Crippen LogP contribution >= 0.6 is 0 Å². The zero-order chi connectivity index (χ0) is 14.8. The van der Waals surface area contributed by atoms with Gasteiger partial charge in [-0.2, -0.15) is 0 Å². The van der Waals surface area contributed by atoms with E-state index in [2.05, 4.69) is 15.2 Å². The molecule has 1 unspecified atom stereocenters. The zero-order valence-electron chi connectivity index (χ0n) is 12.4. The van der Waals surface area contributed by atoms with Gasteiger partial charge in [-0.1, -0.05) is 0 Å². The van der Waals surface area contributed by atoms with Crippen LogP contribution in [0.25, 0.3) is 0 Å². The quantitative estimate of drug-likeness (QED) is 0.860. The summed E-state index contributed by atoms with van der Waals surface area (Å²) in [6.45, 7) is 5.21. The maximum absolute atomic E-state index is 12.0. The average molecular weight is 290 g/mol. The number of aromatic nitrogens is 2. The lowest BCUT2D eigenvalue weighted by Gasteiger charge is -2.34. The summed E-state index contributed by atoms with van der Waals surface area (Å²) in [6, 6.07) is 0.0642. The first-order valence-corrected chi connectivity index (χ1v) is 7.68. The highest BCUT2D eigenvalue weighted by atomic mass is 16.2. The Kier molecular flexibility index (Phi) is 4.05. The van der Waals surface area contributed by atoms with Crippen LogP contribution in [0.3, 0.4) is 0 Å². The maximum Gasteiger partial charge on any atom is 0.256 e. The van der Waals surface area contributed by atoms with Crippen molar-refractivity contribution in [1.82, 2.24) is 19.8 Å². The Bertz CT molecular complexity index is 575. The number of aryl methyl sites for hydroxylation is 1. The Morgan fingerprint density at radius 2 is 2.05 bits per heavy atom. The summed E-state index contributed by atoms with van der Waals surface area (Å²) in [4.78, 5) is 30.1. The second-order valence-corrected chi connectivity index (χ2v) is 6.11. The van der Waals surface area contributed by atoms with Crippen LogP contribution in [0.1, 0.15) is 24.8 Å². The van der Waals surface area contributed by atoms with Gasteiger partial charge in [0.2, 0.25) is 5.91 Å². The normalized spacial score (nSPS) is 24.2. The average Bonchev–Trinajstić information content (AvgIpc) is 2.91. The largest absolute Gasteiger partial charge is 0.355 e. The molecule has 2 aliphatic rings. The van der Waals surface area contributed by atoms with E-state index in [-0.39, 0.29) is 17.5 Å². The van der Waals surface area contributed by atoms with Gasteiger partial charge in [-0.25, -0.2) is 4.98 Å². The first-order valence-electron chi connectivity index (χ1n) is 7.68. The molecule has 6 heteroatoms. The topological polar surface area (TPSA) is 67.2 Å². The molecule has 2 aliphatic heterocycles. The van der Waals surface area contributed by atoms with E-state index in [9.17, 15) is 9.59 Å². The van der Waals surface area contributed by atoms with Crippen molar-refractivity contribution in [3.63, 3.8) is 0 Å². The number of piperidine rings is 1. The number of amides is 1. The molecule has 1 atom stereocenters. The number of hydrogen-bond donors (Lipinski definition) is 1. The number of carbonyl (C=O) groups excluding carboxylic acids is 1. The third-order valence-electron chi connectivity index (χ3n) is 4.64. The molecule has 0 radical (unpaired) electrons. The van der Waals surface area contributed by atoms with Crippen LogP contribution in [0, 0.1) is 12.8 Å². The zero-order valence-corrected chi connectivity index (χ0v) is 12.4. The van der Waals surface area contributed by atoms with Crippen molar-refractivity contribution in [2.75, 3.05) is 19.6 Å². The van der Waals surface area contributed by atoms with Gasteiger partial charge in [-0.3, -0.25) is 19.1 Å². The molecule has 0 aromatic carbocycles. The van der Waals surface area contributed by atoms with E-state index in [1.807, 2.05) is 0 Å². The number of rotatable bonds is 3. The highest BCUT2D eigenvalue weighted by Gasteiger charge is 2.32. The lowest BCUT2D eigenvalue weighted by Crippen LogP contribution is -2.45. The standard InChI is InChI=1S/C15H22N4O2/c1-11-8-16-10-19(15(11)21)9-12-3-6-18(7-4-12)13-2-5-17-14(13)20/h8,10,12-13H,2-7,9H2,1H3,(H,17,20). The first-order chi connectivity index (χ1) is 10.1. The molecule has 21 heavy (non-hydrogen) atoms. The molecule has 0 aliphatic carbocycles. The molecule has 3 rings (SSSR count). The van der Waals surface area contributed by atoms with Gasteiger partial charge in [0.1, 0.15) is 0 Å². The van der Waals surface area contributed by atoms with Gasteiger partial charge in [0.05, 0.1) is 12.4 Å². The van der Waals surface area contributed by atoms with Gasteiger partial charge in [-0.05, 0) is 45.2 Å². The molecular formula is C15H22N4O2. The molecule has 0 spiro atoms. The van der Waals surface area contributed by atoms with E-state index in [0.717, 1.165) is 45.4 Å². The fraction of sp³-hybridized carbons (Fsp3) is 0.667. The van der Waals surface area contributed by atoms with Crippen LogP contribution in [-0.2, 0) is 11.3 Å². The molecule has 2 fully saturated rings. The summed E-state index contributed by atoms with van der Waals surface area (Å²) in [5, 5.41) is 2.90. The molecular weight excluding hydrogens is 268 g/mol. The molecule has 114 valence electrons. The predicted molar refractivity (Wildman–Crippen MR) is 78.9 cm³/mol. The lowest BCUT2D eigenvalue weighted by atomic mass is 9.95. The van der Waals surface area contributed by atoms with Crippen LogP contribution in [0.5, 0.6) is 0 Å². The summed E-state index contributed by atoms with van der Waals surface area (Å²) in [5.74, 6) is 0.666. The third kappa shape index (κ3) is 3.00. The van der Waals surface area contributed by atoms with Crippen LogP contribution in [-0.4, -0.2) is 46.0 Å². The van der Waals surface area contributed by atoms with E-state index in [0.29, 0.717) is 11.5 Å². The lowest BCUT2D eigenvalue weighted by molar-refractivity contribution is -0.124.